The van der Waals surface area contributed by atoms with Crippen LogP contribution in [0.15, 0.2) is 41.8 Å². The van der Waals surface area contributed by atoms with Crippen LogP contribution in [0.25, 0.3) is 0 Å². The molecule has 2 rings (SSSR count). The van der Waals surface area contributed by atoms with Crippen LogP contribution in [0.2, 0.25) is 0 Å². The molecular weight excluding hydrogens is 327 g/mol. The molecule has 0 aliphatic carbocycles. The first-order valence-corrected chi connectivity index (χ1v) is 8.60. The number of carbonyl (C=O) groups is 2. The number of benzene rings is 1. The van der Waals surface area contributed by atoms with Crippen LogP contribution in [0.5, 0.6) is 0 Å². The average Bonchev–Trinajstić information content (AvgIpc) is 3.05. The molecule has 2 aromatic rings. The lowest BCUT2D eigenvalue weighted by atomic mass is 10.0. The number of carbonyl (C=O) groups excluding carboxylic acids is 2. The molecular formula is C18H21FN2O2S. The van der Waals surface area contributed by atoms with Crippen LogP contribution in [0, 0.1) is 11.7 Å². The lowest BCUT2D eigenvalue weighted by molar-refractivity contribution is -0.133. The zero-order valence-electron chi connectivity index (χ0n) is 14.0. The lowest BCUT2D eigenvalue weighted by Gasteiger charge is -2.27. The van der Waals surface area contributed by atoms with Crippen LogP contribution in [-0.2, 0) is 11.3 Å². The molecule has 1 aromatic heterocycles. The van der Waals surface area contributed by atoms with E-state index < -0.39 is 11.9 Å². The number of hydrogen-bond donors (Lipinski definition) is 1. The van der Waals surface area contributed by atoms with Crippen LogP contribution in [0.3, 0.4) is 0 Å². The molecule has 2 amide bonds. The van der Waals surface area contributed by atoms with E-state index in [1.807, 2.05) is 31.4 Å². The molecule has 128 valence electrons. The van der Waals surface area contributed by atoms with Crippen molar-refractivity contribution in [3.8, 4) is 0 Å². The van der Waals surface area contributed by atoms with E-state index in [4.69, 9.17) is 0 Å². The summed E-state index contributed by atoms with van der Waals surface area (Å²) in [6, 6.07) is 8.54. The van der Waals surface area contributed by atoms with E-state index in [1.165, 1.54) is 24.3 Å². The minimum Gasteiger partial charge on any atom is -0.340 e. The smallest absolute Gasteiger partial charge is 0.251 e. The molecule has 24 heavy (non-hydrogen) atoms. The number of nitrogens with one attached hydrogen (secondary N) is 1. The second-order valence-electron chi connectivity index (χ2n) is 5.98. The van der Waals surface area contributed by atoms with Gasteiger partial charge in [-0.15, -0.1) is 11.3 Å². The van der Waals surface area contributed by atoms with Gasteiger partial charge in [-0.3, -0.25) is 9.59 Å². The first kappa shape index (κ1) is 18.1. The van der Waals surface area contributed by atoms with E-state index >= 15 is 0 Å². The van der Waals surface area contributed by atoms with Gasteiger partial charge in [-0.2, -0.15) is 0 Å². The number of thiophene rings is 1. The standard InChI is InChI=1S/C18H21FN2O2S/c1-12(2)16(18(23)21(3)11-15-5-4-10-24-15)20-17(22)13-6-8-14(19)9-7-13/h4-10,12,16H,11H2,1-3H3,(H,20,22)/t16-/m1/s1. The number of likely N-dealkylation sites (N-methyl/N-ethyl adjacent to an activating group) is 1. The topological polar surface area (TPSA) is 49.4 Å². The number of amides is 2. The molecule has 0 saturated carbocycles. The quantitative estimate of drug-likeness (QED) is 0.871. The largest absolute Gasteiger partial charge is 0.340 e. The van der Waals surface area contributed by atoms with Crippen molar-refractivity contribution >= 4 is 23.2 Å². The van der Waals surface area contributed by atoms with E-state index in [0.29, 0.717) is 12.1 Å². The van der Waals surface area contributed by atoms with Crippen molar-refractivity contribution in [2.45, 2.75) is 26.4 Å². The summed E-state index contributed by atoms with van der Waals surface area (Å²) >= 11 is 1.58. The van der Waals surface area contributed by atoms with Crippen molar-refractivity contribution in [2.24, 2.45) is 5.92 Å². The second kappa shape index (κ2) is 8.06. The highest BCUT2D eigenvalue weighted by Crippen LogP contribution is 2.14. The maximum atomic E-state index is 13.0. The summed E-state index contributed by atoms with van der Waals surface area (Å²) in [6.45, 7) is 4.27. The summed E-state index contributed by atoms with van der Waals surface area (Å²) in [5.74, 6) is -0.994. The highest BCUT2D eigenvalue weighted by molar-refractivity contribution is 7.09. The van der Waals surface area contributed by atoms with Crippen molar-refractivity contribution in [2.75, 3.05) is 7.05 Å². The Kier molecular flexibility index (Phi) is 6.09. The third kappa shape index (κ3) is 4.64. The van der Waals surface area contributed by atoms with Crippen LogP contribution in [0.1, 0.15) is 29.1 Å². The summed E-state index contributed by atoms with van der Waals surface area (Å²) in [4.78, 5) is 27.7. The van der Waals surface area contributed by atoms with Gasteiger partial charge in [-0.1, -0.05) is 19.9 Å². The van der Waals surface area contributed by atoms with Crippen molar-refractivity contribution in [1.82, 2.24) is 10.2 Å². The second-order valence-corrected chi connectivity index (χ2v) is 7.01. The molecule has 0 bridgehead atoms. The van der Waals surface area contributed by atoms with Crippen molar-refractivity contribution in [3.05, 3.63) is 58.0 Å². The predicted molar refractivity (Wildman–Crippen MR) is 93.3 cm³/mol. The van der Waals surface area contributed by atoms with Gasteiger partial charge < -0.3 is 10.2 Å². The fraction of sp³-hybridized carbons (Fsp3) is 0.333. The van der Waals surface area contributed by atoms with E-state index in [1.54, 1.807) is 23.3 Å². The van der Waals surface area contributed by atoms with E-state index in [9.17, 15) is 14.0 Å². The van der Waals surface area contributed by atoms with Gasteiger partial charge >= 0.3 is 0 Å². The zero-order valence-corrected chi connectivity index (χ0v) is 14.8. The Morgan fingerprint density at radius 3 is 2.42 bits per heavy atom. The molecule has 1 atom stereocenters. The van der Waals surface area contributed by atoms with E-state index in [-0.39, 0.29) is 17.7 Å². The summed E-state index contributed by atoms with van der Waals surface area (Å²) in [6.07, 6.45) is 0. The van der Waals surface area contributed by atoms with Crippen molar-refractivity contribution < 1.29 is 14.0 Å². The Morgan fingerprint density at radius 2 is 1.88 bits per heavy atom. The van der Waals surface area contributed by atoms with Crippen LogP contribution >= 0.6 is 11.3 Å². The summed E-state index contributed by atoms with van der Waals surface area (Å²) in [7, 11) is 1.72. The van der Waals surface area contributed by atoms with Gasteiger partial charge in [0.15, 0.2) is 0 Å². The van der Waals surface area contributed by atoms with E-state index in [2.05, 4.69) is 5.32 Å². The molecule has 0 spiro atoms. The highest BCUT2D eigenvalue weighted by atomic mass is 32.1. The number of nitrogens with zero attached hydrogens (tertiary/aromatic N) is 1. The maximum absolute atomic E-state index is 13.0. The first-order chi connectivity index (χ1) is 11.4. The number of halogens is 1. The van der Waals surface area contributed by atoms with Gasteiger partial charge in [0.1, 0.15) is 11.9 Å². The molecule has 0 fully saturated rings. The van der Waals surface area contributed by atoms with Gasteiger partial charge in [0.2, 0.25) is 5.91 Å². The fourth-order valence-corrected chi connectivity index (χ4v) is 3.05. The normalized spacial score (nSPS) is 12.0. The van der Waals surface area contributed by atoms with Crippen LogP contribution < -0.4 is 5.32 Å². The summed E-state index contributed by atoms with van der Waals surface area (Å²) in [5.41, 5.74) is 0.329. The Balaban J connectivity index is 2.06. The molecule has 0 aliphatic rings. The van der Waals surface area contributed by atoms with E-state index in [0.717, 1.165) is 4.88 Å². The monoisotopic (exact) mass is 348 g/mol. The SMILES string of the molecule is CC(C)[C@@H](NC(=O)c1ccc(F)cc1)C(=O)N(C)Cc1cccs1. The zero-order chi connectivity index (χ0) is 17.7. The van der Waals surface area contributed by atoms with Crippen molar-refractivity contribution in [1.29, 1.82) is 0 Å². The molecule has 0 aliphatic heterocycles. The van der Waals surface area contributed by atoms with Gasteiger partial charge in [0.25, 0.3) is 5.91 Å². The van der Waals surface area contributed by atoms with Gasteiger partial charge in [0.05, 0.1) is 6.54 Å². The third-order valence-corrected chi connectivity index (χ3v) is 4.54. The minimum absolute atomic E-state index is 0.0623. The van der Waals surface area contributed by atoms with Crippen molar-refractivity contribution in [3.63, 3.8) is 0 Å². The summed E-state index contributed by atoms with van der Waals surface area (Å²) in [5, 5.41) is 4.73. The van der Waals surface area contributed by atoms with Gasteiger partial charge in [-0.05, 0) is 41.6 Å². The van der Waals surface area contributed by atoms with Gasteiger partial charge in [0, 0.05) is 17.5 Å². The molecule has 1 aromatic carbocycles. The predicted octanol–water partition coefficient (Wildman–Crippen LogP) is 3.30. The molecule has 4 nitrogen and oxygen atoms in total. The van der Waals surface area contributed by atoms with Gasteiger partial charge in [-0.25, -0.2) is 4.39 Å². The highest BCUT2D eigenvalue weighted by Gasteiger charge is 2.27. The first-order valence-electron chi connectivity index (χ1n) is 7.72. The molecule has 1 heterocycles. The third-order valence-electron chi connectivity index (χ3n) is 3.68. The summed E-state index contributed by atoms with van der Waals surface area (Å²) < 4.78 is 13.0. The number of hydrogen-bond acceptors (Lipinski definition) is 3. The molecule has 0 saturated heterocycles. The molecule has 1 N–H and O–H groups in total. The Bertz CT molecular complexity index is 684. The maximum Gasteiger partial charge on any atom is 0.251 e. The lowest BCUT2D eigenvalue weighted by Crippen LogP contribution is -2.49. The van der Waals surface area contributed by atoms with Crippen LogP contribution in [0.4, 0.5) is 4.39 Å². The molecule has 6 heteroatoms. The Hall–Kier alpha value is -2.21. The van der Waals surface area contributed by atoms with Crippen LogP contribution in [-0.4, -0.2) is 29.8 Å². The fourth-order valence-electron chi connectivity index (χ4n) is 2.29. The number of rotatable bonds is 6. The Morgan fingerprint density at radius 1 is 1.21 bits per heavy atom. The minimum atomic E-state index is -0.632. The Labute approximate surface area is 145 Å². The molecule has 0 radical (unpaired) electrons. The average molecular weight is 348 g/mol. The molecule has 0 unspecified atom stereocenters.